The van der Waals surface area contributed by atoms with Gasteiger partial charge in [0, 0.05) is 17.4 Å². The maximum atomic E-state index is 11.7. The highest BCUT2D eigenvalue weighted by molar-refractivity contribution is 7.92. The summed E-state index contributed by atoms with van der Waals surface area (Å²) >= 11 is 11.6. The van der Waals surface area contributed by atoms with Crippen molar-refractivity contribution in [3.8, 4) is 0 Å². The molecule has 0 saturated heterocycles. The van der Waals surface area contributed by atoms with Gasteiger partial charge < -0.3 is 0 Å². The minimum atomic E-state index is -3.30. The molecule has 0 aliphatic carbocycles. The van der Waals surface area contributed by atoms with Crippen LogP contribution in [-0.4, -0.2) is 27.1 Å². The monoisotopic (exact) mass is 295 g/mol. The van der Waals surface area contributed by atoms with Gasteiger partial charge in [-0.15, -0.1) is 11.6 Å². The third kappa shape index (κ3) is 4.05. The van der Waals surface area contributed by atoms with Gasteiger partial charge in [0.2, 0.25) is 10.0 Å². The summed E-state index contributed by atoms with van der Waals surface area (Å²) in [5.74, 6) is 0.422. The van der Waals surface area contributed by atoms with E-state index >= 15 is 0 Å². The third-order valence-corrected chi connectivity index (χ3v) is 4.21. The van der Waals surface area contributed by atoms with Crippen molar-refractivity contribution in [2.24, 2.45) is 0 Å². The molecule has 96 valence electrons. The van der Waals surface area contributed by atoms with Gasteiger partial charge in [-0.25, -0.2) is 8.42 Å². The van der Waals surface area contributed by atoms with Gasteiger partial charge in [0.05, 0.1) is 11.9 Å². The van der Waals surface area contributed by atoms with Gasteiger partial charge in [-0.3, -0.25) is 4.31 Å². The first-order valence-corrected chi connectivity index (χ1v) is 7.92. The van der Waals surface area contributed by atoms with Crippen molar-refractivity contribution in [2.75, 3.05) is 23.0 Å². The van der Waals surface area contributed by atoms with E-state index in [1.165, 1.54) is 10.6 Å². The fourth-order valence-corrected chi connectivity index (χ4v) is 2.68. The molecule has 0 bridgehead atoms. The predicted octanol–water partition coefficient (Wildman–Crippen LogP) is 3.04. The van der Waals surface area contributed by atoms with Crippen molar-refractivity contribution in [3.05, 3.63) is 28.8 Å². The summed E-state index contributed by atoms with van der Waals surface area (Å²) in [5, 5.41) is 0.557. The molecule has 0 fully saturated rings. The van der Waals surface area contributed by atoms with E-state index in [4.69, 9.17) is 23.2 Å². The zero-order valence-corrected chi connectivity index (χ0v) is 12.1. The molecule has 1 aromatic rings. The molecule has 0 radical (unpaired) electrons. The Bertz CT molecular complexity index is 488. The van der Waals surface area contributed by atoms with Crippen LogP contribution in [0.3, 0.4) is 0 Å². The molecule has 0 aromatic heterocycles. The summed E-state index contributed by atoms with van der Waals surface area (Å²) in [4.78, 5) is 0. The van der Waals surface area contributed by atoms with Crippen LogP contribution >= 0.6 is 23.2 Å². The van der Waals surface area contributed by atoms with Crippen molar-refractivity contribution in [1.29, 1.82) is 0 Å². The van der Waals surface area contributed by atoms with Gasteiger partial charge in [-0.05, 0) is 31.0 Å². The van der Waals surface area contributed by atoms with Crippen LogP contribution in [0.4, 0.5) is 5.69 Å². The van der Waals surface area contributed by atoms with E-state index in [9.17, 15) is 8.42 Å². The Morgan fingerprint density at radius 2 is 2.00 bits per heavy atom. The Morgan fingerprint density at radius 1 is 1.35 bits per heavy atom. The predicted molar refractivity (Wildman–Crippen MR) is 73.7 cm³/mol. The topological polar surface area (TPSA) is 37.4 Å². The first kappa shape index (κ1) is 14.6. The number of anilines is 1. The van der Waals surface area contributed by atoms with Crippen molar-refractivity contribution < 1.29 is 8.42 Å². The van der Waals surface area contributed by atoms with Crippen molar-refractivity contribution in [3.63, 3.8) is 0 Å². The van der Waals surface area contributed by atoms with E-state index in [2.05, 4.69) is 0 Å². The van der Waals surface area contributed by atoms with Crippen molar-refractivity contribution in [2.45, 2.75) is 13.3 Å². The van der Waals surface area contributed by atoms with E-state index in [1.807, 2.05) is 6.92 Å². The largest absolute Gasteiger partial charge is 0.270 e. The van der Waals surface area contributed by atoms with Gasteiger partial charge in [-0.1, -0.05) is 17.7 Å². The molecule has 0 aliphatic rings. The molecule has 17 heavy (non-hydrogen) atoms. The lowest BCUT2D eigenvalue weighted by molar-refractivity contribution is 0.596. The average molecular weight is 296 g/mol. The van der Waals surface area contributed by atoms with Crippen LogP contribution < -0.4 is 4.31 Å². The molecule has 3 nitrogen and oxygen atoms in total. The zero-order chi connectivity index (χ0) is 13.1. The molecule has 0 unspecified atom stereocenters. The van der Waals surface area contributed by atoms with Crippen molar-refractivity contribution >= 4 is 38.9 Å². The Kier molecular flexibility index (Phi) is 5.10. The highest BCUT2D eigenvalue weighted by atomic mass is 35.5. The van der Waals surface area contributed by atoms with Gasteiger partial charge in [0.15, 0.2) is 0 Å². The number of benzene rings is 1. The quantitative estimate of drug-likeness (QED) is 0.783. The lowest BCUT2D eigenvalue weighted by Gasteiger charge is -2.22. The maximum absolute atomic E-state index is 11.7. The fraction of sp³-hybridized carbons (Fsp3) is 0.455. The molecular weight excluding hydrogens is 281 g/mol. The smallest absolute Gasteiger partial charge is 0.232 e. The van der Waals surface area contributed by atoms with Gasteiger partial charge in [0.25, 0.3) is 0 Å². The Balaban J connectivity index is 3.09. The Hall–Kier alpha value is -0.450. The highest BCUT2D eigenvalue weighted by Crippen LogP contribution is 2.25. The highest BCUT2D eigenvalue weighted by Gasteiger charge is 2.17. The van der Waals surface area contributed by atoms with Gasteiger partial charge in [0.1, 0.15) is 0 Å². The van der Waals surface area contributed by atoms with Crippen LogP contribution in [0, 0.1) is 6.92 Å². The minimum absolute atomic E-state index is 0.363. The fourth-order valence-electron chi connectivity index (χ4n) is 1.43. The van der Waals surface area contributed by atoms with E-state index < -0.39 is 10.0 Å². The number of hydrogen-bond donors (Lipinski definition) is 0. The molecule has 0 aliphatic heterocycles. The number of sulfonamides is 1. The standard InChI is InChI=1S/C11H15Cl2NO2S/c1-9-4-5-10(8-11(9)13)14(7-3-6-12)17(2,15)16/h4-5,8H,3,6-7H2,1-2H3. The molecule has 1 aromatic carbocycles. The van der Waals surface area contributed by atoms with Crippen LogP contribution in [0.5, 0.6) is 0 Å². The Morgan fingerprint density at radius 3 is 2.47 bits per heavy atom. The van der Waals surface area contributed by atoms with E-state index in [-0.39, 0.29) is 0 Å². The average Bonchev–Trinajstić information content (AvgIpc) is 2.22. The second kappa shape index (κ2) is 5.94. The lowest BCUT2D eigenvalue weighted by atomic mass is 10.2. The summed E-state index contributed by atoms with van der Waals surface area (Å²) < 4.78 is 24.7. The molecule has 0 N–H and O–H groups in total. The molecular formula is C11H15Cl2NO2S. The molecule has 1 rings (SSSR count). The van der Waals surface area contributed by atoms with E-state index in [0.717, 1.165) is 5.56 Å². The Labute approximate surface area is 112 Å². The lowest BCUT2D eigenvalue weighted by Crippen LogP contribution is -2.31. The summed E-state index contributed by atoms with van der Waals surface area (Å²) in [6, 6.07) is 5.21. The molecule has 0 saturated carbocycles. The van der Waals surface area contributed by atoms with E-state index in [1.54, 1.807) is 18.2 Å². The summed E-state index contributed by atoms with van der Waals surface area (Å²) in [5.41, 5.74) is 1.49. The maximum Gasteiger partial charge on any atom is 0.232 e. The number of rotatable bonds is 5. The third-order valence-electron chi connectivity index (χ3n) is 2.34. The molecule has 6 heteroatoms. The van der Waals surface area contributed by atoms with Gasteiger partial charge in [-0.2, -0.15) is 0 Å². The van der Waals surface area contributed by atoms with Crippen LogP contribution in [0.1, 0.15) is 12.0 Å². The first-order chi connectivity index (χ1) is 7.86. The van der Waals surface area contributed by atoms with Crippen LogP contribution in [0.2, 0.25) is 5.02 Å². The van der Waals surface area contributed by atoms with E-state index in [0.29, 0.717) is 29.6 Å². The first-order valence-electron chi connectivity index (χ1n) is 5.16. The van der Waals surface area contributed by atoms with Gasteiger partial charge >= 0.3 is 0 Å². The van der Waals surface area contributed by atoms with Crippen LogP contribution in [0.15, 0.2) is 18.2 Å². The number of alkyl halides is 1. The van der Waals surface area contributed by atoms with Crippen molar-refractivity contribution in [1.82, 2.24) is 0 Å². The molecule has 0 atom stereocenters. The van der Waals surface area contributed by atoms with Crippen LogP contribution in [-0.2, 0) is 10.0 Å². The summed E-state index contributed by atoms with van der Waals surface area (Å²) in [6.07, 6.45) is 1.77. The second-order valence-electron chi connectivity index (χ2n) is 3.81. The number of hydrogen-bond acceptors (Lipinski definition) is 2. The summed E-state index contributed by atoms with van der Waals surface area (Å²) in [7, 11) is -3.30. The minimum Gasteiger partial charge on any atom is -0.270 e. The second-order valence-corrected chi connectivity index (χ2v) is 6.50. The number of halogens is 2. The summed E-state index contributed by atoms with van der Waals surface area (Å²) in [6.45, 7) is 2.23. The molecule has 0 amide bonds. The number of nitrogens with zero attached hydrogens (tertiary/aromatic N) is 1. The SMILES string of the molecule is Cc1ccc(N(CCCCl)S(C)(=O)=O)cc1Cl. The number of aryl methyl sites for hydroxylation is 1. The molecule has 0 spiro atoms. The normalized spacial score (nSPS) is 11.5. The zero-order valence-electron chi connectivity index (χ0n) is 9.78. The molecule has 0 heterocycles. The van der Waals surface area contributed by atoms with Crippen LogP contribution in [0.25, 0.3) is 0 Å².